The molecule has 1 aliphatic rings. The first kappa shape index (κ1) is 22.5. The molecule has 3 heterocycles. The Hall–Kier alpha value is -4.25. The van der Waals surface area contributed by atoms with Gasteiger partial charge in [-0.25, -0.2) is 4.39 Å². The van der Waals surface area contributed by atoms with Crippen LogP contribution in [0.2, 0.25) is 0 Å². The molecule has 2 aromatic heterocycles. The second-order valence-electron chi connectivity index (χ2n) is 8.62. The van der Waals surface area contributed by atoms with Gasteiger partial charge in [0.2, 0.25) is 5.91 Å². The quantitative estimate of drug-likeness (QED) is 0.387. The summed E-state index contributed by atoms with van der Waals surface area (Å²) in [5.41, 5.74) is 2.66. The maximum absolute atomic E-state index is 14.6. The third kappa shape index (κ3) is 4.71. The first-order valence-electron chi connectivity index (χ1n) is 11.8. The number of para-hydroxylation sites is 1. The molecular weight excluding hydrogens is 443 g/mol. The van der Waals surface area contributed by atoms with E-state index in [0.29, 0.717) is 24.4 Å². The minimum atomic E-state index is -0.515. The number of fused-ring (bicyclic) bond motifs is 2. The number of aryl methyl sites for hydroxylation is 2. The van der Waals surface area contributed by atoms with Crippen LogP contribution in [0.3, 0.4) is 0 Å². The Bertz CT molecular complexity index is 1460. The van der Waals surface area contributed by atoms with Crippen molar-refractivity contribution in [2.75, 3.05) is 5.32 Å². The van der Waals surface area contributed by atoms with Crippen molar-refractivity contribution in [3.05, 3.63) is 71.9 Å². The van der Waals surface area contributed by atoms with Crippen molar-refractivity contribution in [1.29, 1.82) is 5.26 Å². The molecule has 4 aromatic rings. The molecule has 0 saturated carbocycles. The van der Waals surface area contributed by atoms with Gasteiger partial charge in [-0.3, -0.25) is 4.79 Å². The standard InChI is InChI=1S/C27H25FN6O/c28-22-12-10-19(27-32-31-25-9-2-1-5-16-34(25)27)17-23(22)30-26(35)13-11-20-18-33(15-6-14-29)24-8-4-3-7-21(20)24/h3-4,7-8,10-13,17-18H,1-2,5-6,9,15-16H2,(H,30,35)/b13-11+. The molecule has 1 N–H and O–H groups in total. The second-order valence-corrected chi connectivity index (χ2v) is 8.62. The zero-order valence-corrected chi connectivity index (χ0v) is 19.2. The highest BCUT2D eigenvalue weighted by Gasteiger charge is 2.17. The molecule has 176 valence electrons. The molecule has 7 nitrogen and oxygen atoms in total. The average Bonchev–Trinajstić information content (AvgIpc) is 3.35. The molecule has 35 heavy (non-hydrogen) atoms. The summed E-state index contributed by atoms with van der Waals surface area (Å²) in [5, 5.41) is 21.2. The van der Waals surface area contributed by atoms with Crippen LogP contribution in [0.15, 0.2) is 54.7 Å². The number of hydrogen-bond acceptors (Lipinski definition) is 4. The summed E-state index contributed by atoms with van der Waals surface area (Å²) in [4.78, 5) is 12.7. The number of nitrogens with one attached hydrogen (secondary N) is 1. The highest BCUT2D eigenvalue weighted by atomic mass is 19.1. The second kappa shape index (κ2) is 9.94. The zero-order valence-electron chi connectivity index (χ0n) is 19.2. The Labute approximate surface area is 202 Å². The van der Waals surface area contributed by atoms with Crippen LogP contribution < -0.4 is 5.32 Å². The number of amides is 1. The SMILES string of the molecule is N#CCCn1cc(/C=C/C(=O)Nc2cc(-c3nnc4n3CCCCC4)ccc2F)c2ccccc21. The van der Waals surface area contributed by atoms with Crippen molar-refractivity contribution < 1.29 is 9.18 Å². The van der Waals surface area contributed by atoms with E-state index in [1.54, 1.807) is 18.2 Å². The smallest absolute Gasteiger partial charge is 0.248 e. The number of benzene rings is 2. The number of aromatic nitrogens is 4. The fourth-order valence-corrected chi connectivity index (χ4v) is 4.56. The molecule has 0 bridgehead atoms. The molecule has 0 saturated heterocycles. The summed E-state index contributed by atoms with van der Waals surface area (Å²) >= 11 is 0. The Morgan fingerprint density at radius 2 is 2.06 bits per heavy atom. The first-order valence-corrected chi connectivity index (χ1v) is 11.8. The fourth-order valence-electron chi connectivity index (χ4n) is 4.56. The van der Waals surface area contributed by atoms with Gasteiger partial charge in [0.25, 0.3) is 0 Å². The van der Waals surface area contributed by atoms with E-state index in [0.717, 1.165) is 54.5 Å². The van der Waals surface area contributed by atoms with Crippen LogP contribution in [0.4, 0.5) is 10.1 Å². The van der Waals surface area contributed by atoms with Gasteiger partial charge in [0, 0.05) is 53.8 Å². The van der Waals surface area contributed by atoms with E-state index in [1.807, 2.05) is 35.0 Å². The first-order chi connectivity index (χ1) is 17.1. The van der Waals surface area contributed by atoms with Crippen molar-refractivity contribution in [1.82, 2.24) is 19.3 Å². The summed E-state index contributed by atoms with van der Waals surface area (Å²) in [5.74, 6) is 0.691. The molecule has 0 radical (unpaired) electrons. The molecule has 0 unspecified atom stereocenters. The number of carbonyl (C=O) groups excluding carboxylic acids is 1. The summed E-state index contributed by atoms with van der Waals surface area (Å²) in [6.07, 6.45) is 9.60. The van der Waals surface area contributed by atoms with Crippen molar-refractivity contribution in [2.45, 2.75) is 45.2 Å². The predicted molar refractivity (Wildman–Crippen MR) is 133 cm³/mol. The van der Waals surface area contributed by atoms with Gasteiger partial charge in [-0.15, -0.1) is 10.2 Å². The molecule has 2 aromatic carbocycles. The number of halogens is 1. The number of nitrogens with zero attached hydrogens (tertiary/aromatic N) is 5. The van der Waals surface area contributed by atoms with Crippen molar-refractivity contribution in [2.24, 2.45) is 0 Å². The van der Waals surface area contributed by atoms with Gasteiger partial charge in [0.05, 0.1) is 18.2 Å². The van der Waals surface area contributed by atoms with Crippen LogP contribution in [0.1, 0.15) is 37.1 Å². The summed E-state index contributed by atoms with van der Waals surface area (Å²) in [6, 6.07) is 14.6. The van der Waals surface area contributed by atoms with Gasteiger partial charge < -0.3 is 14.5 Å². The van der Waals surface area contributed by atoms with Crippen molar-refractivity contribution >= 4 is 28.6 Å². The Kier molecular flexibility index (Phi) is 6.40. The normalized spacial score (nSPS) is 13.5. The van der Waals surface area contributed by atoms with E-state index < -0.39 is 11.7 Å². The maximum atomic E-state index is 14.6. The minimum absolute atomic E-state index is 0.0968. The monoisotopic (exact) mass is 468 g/mol. The summed E-state index contributed by atoms with van der Waals surface area (Å²) < 4.78 is 18.6. The topological polar surface area (TPSA) is 88.5 Å². The van der Waals surface area contributed by atoms with E-state index in [2.05, 4.69) is 26.2 Å². The van der Waals surface area contributed by atoms with Crippen LogP contribution in [0.25, 0.3) is 28.4 Å². The number of hydrogen-bond donors (Lipinski definition) is 1. The fraction of sp³-hybridized carbons (Fsp3) is 0.259. The van der Waals surface area contributed by atoms with Crippen LogP contribution in [-0.4, -0.2) is 25.2 Å². The van der Waals surface area contributed by atoms with Crippen LogP contribution >= 0.6 is 0 Å². The van der Waals surface area contributed by atoms with E-state index in [-0.39, 0.29) is 5.69 Å². The third-order valence-corrected chi connectivity index (χ3v) is 6.29. The number of nitriles is 1. The Morgan fingerprint density at radius 3 is 2.94 bits per heavy atom. The van der Waals surface area contributed by atoms with Gasteiger partial charge in [-0.1, -0.05) is 24.6 Å². The van der Waals surface area contributed by atoms with Crippen LogP contribution in [-0.2, 0) is 24.3 Å². The highest BCUT2D eigenvalue weighted by molar-refractivity contribution is 6.03. The zero-order chi connectivity index (χ0) is 24.2. The molecule has 1 aliphatic heterocycles. The number of carbonyl (C=O) groups is 1. The van der Waals surface area contributed by atoms with Gasteiger partial charge in [0.15, 0.2) is 5.82 Å². The van der Waals surface area contributed by atoms with Crippen molar-refractivity contribution in [3.8, 4) is 17.5 Å². The Morgan fingerprint density at radius 1 is 1.17 bits per heavy atom. The average molecular weight is 469 g/mol. The largest absolute Gasteiger partial charge is 0.346 e. The molecule has 0 spiro atoms. The maximum Gasteiger partial charge on any atom is 0.248 e. The van der Waals surface area contributed by atoms with E-state index in [4.69, 9.17) is 5.26 Å². The van der Waals surface area contributed by atoms with Crippen LogP contribution in [0.5, 0.6) is 0 Å². The molecular formula is C27H25FN6O. The molecule has 1 amide bonds. The van der Waals surface area contributed by atoms with Crippen molar-refractivity contribution in [3.63, 3.8) is 0 Å². The van der Waals surface area contributed by atoms with Gasteiger partial charge >= 0.3 is 0 Å². The highest BCUT2D eigenvalue weighted by Crippen LogP contribution is 2.27. The Balaban J connectivity index is 1.37. The van der Waals surface area contributed by atoms with E-state index in [1.165, 1.54) is 12.1 Å². The van der Waals surface area contributed by atoms with E-state index in [9.17, 15) is 9.18 Å². The molecule has 8 heteroatoms. The summed E-state index contributed by atoms with van der Waals surface area (Å²) in [6.45, 7) is 1.41. The lowest BCUT2D eigenvalue weighted by Gasteiger charge is -2.09. The minimum Gasteiger partial charge on any atom is -0.346 e. The van der Waals surface area contributed by atoms with E-state index >= 15 is 0 Å². The number of rotatable bonds is 6. The van der Waals surface area contributed by atoms with Gasteiger partial charge in [0.1, 0.15) is 11.6 Å². The predicted octanol–water partition coefficient (Wildman–Crippen LogP) is 5.33. The number of anilines is 1. The molecule has 0 aliphatic carbocycles. The summed E-state index contributed by atoms with van der Waals surface area (Å²) in [7, 11) is 0. The molecule has 5 rings (SSSR count). The molecule has 0 atom stereocenters. The van der Waals surface area contributed by atoms with Crippen LogP contribution in [0, 0.1) is 17.1 Å². The van der Waals surface area contributed by atoms with Gasteiger partial charge in [-0.05, 0) is 43.2 Å². The van der Waals surface area contributed by atoms with Gasteiger partial charge in [-0.2, -0.15) is 5.26 Å². The lowest BCUT2D eigenvalue weighted by atomic mass is 10.1. The lowest BCUT2D eigenvalue weighted by molar-refractivity contribution is -0.111. The lowest BCUT2D eigenvalue weighted by Crippen LogP contribution is -2.10. The molecule has 0 fully saturated rings. The third-order valence-electron chi connectivity index (χ3n) is 6.29.